The lowest BCUT2D eigenvalue weighted by atomic mass is 9.91. The minimum absolute atomic E-state index is 0.243. The van der Waals surface area contributed by atoms with Gasteiger partial charge >= 0.3 is 0 Å². The lowest BCUT2D eigenvalue weighted by Crippen LogP contribution is -2.24. The zero-order valence-electron chi connectivity index (χ0n) is 20.3. The third-order valence-electron chi connectivity index (χ3n) is 6.40. The first kappa shape index (κ1) is 25.0. The summed E-state index contributed by atoms with van der Waals surface area (Å²) < 4.78 is 11.6. The number of methoxy groups -OCH3 is 2. The van der Waals surface area contributed by atoms with Crippen molar-refractivity contribution < 1.29 is 14.3 Å². The van der Waals surface area contributed by atoms with Crippen molar-refractivity contribution in [3.05, 3.63) is 91.6 Å². The van der Waals surface area contributed by atoms with Crippen LogP contribution in [0.1, 0.15) is 30.5 Å². The maximum absolute atomic E-state index is 13.5. The number of hydrazone groups is 1. The van der Waals surface area contributed by atoms with Crippen LogP contribution in [0.3, 0.4) is 0 Å². The van der Waals surface area contributed by atoms with E-state index in [9.17, 15) is 9.59 Å². The zero-order valence-corrected chi connectivity index (χ0v) is 22.7. The molecule has 0 fully saturated rings. The number of hydrogen-bond donors (Lipinski definition) is 1. The van der Waals surface area contributed by atoms with Gasteiger partial charge in [0.2, 0.25) is 5.91 Å². The molecule has 1 aliphatic heterocycles. The summed E-state index contributed by atoms with van der Waals surface area (Å²) in [6.07, 6.45) is 0.330. The maximum atomic E-state index is 13.5. The van der Waals surface area contributed by atoms with Crippen LogP contribution in [0.15, 0.2) is 75.0 Å². The number of nitrogens with one attached hydrogen (secondary N) is 1. The van der Waals surface area contributed by atoms with E-state index >= 15 is 0 Å². The maximum Gasteiger partial charge on any atom is 0.258 e. The number of nitrogens with zero attached hydrogens (tertiary/aromatic N) is 2. The van der Waals surface area contributed by atoms with Crippen molar-refractivity contribution in [2.75, 3.05) is 14.2 Å². The number of carbonyl (C=O) groups is 1. The molecular weight excluding hydrogens is 558 g/mol. The number of carbonyl (C=O) groups excluding carboxylic acids is 1. The van der Waals surface area contributed by atoms with Gasteiger partial charge < -0.3 is 14.5 Å². The number of benzene rings is 3. The molecule has 1 aromatic heterocycles. The molecule has 0 bridgehead atoms. The van der Waals surface area contributed by atoms with Crippen molar-refractivity contribution >= 4 is 50.1 Å². The van der Waals surface area contributed by atoms with E-state index in [1.165, 1.54) is 11.9 Å². The van der Waals surface area contributed by atoms with E-state index in [-0.39, 0.29) is 11.5 Å². The molecule has 1 amide bonds. The van der Waals surface area contributed by atoms with Crippen LogP contribution < -0.4 is 15.0 Å². The van der Waals surface area contributed by atoms with E-state index in [2.05, 4.69) is 26.0 Å². The van der Waals surface area contributed by atoms with Crippen molar-refractivity contribution in [3.8, 4) is 22.6 Å². The molecular formula is C28H23BrClN3O4. The molecule has 0 spiro atoms. The van der Waals surface area contributed by atoms with Crippen LogP contribution in [0.25, 0.3) is 22.0 Å². The third kappa shape index (κ3) is 4.51. The first-order chi connectivity index (χ1) is 17.8. The summed E-state index contributed by atoms with van der Waals surface area (Å²) in [5.41, 5.74) is 3.66. The molecule has 3 aromatic carbocycles. The van der Waals surface area contributed by atoms with Crippen LogP contribution in [0.2, 0.25) is 5.02 Å². The van der Waals surface area contributed by atoms with Crippen molar-refractivity contribution in [3.63, 3.8) is 0 Å². The van der Waals surface area contributed by atoms with Crippen LogP contribution in [0.5, 0.6) is 11.5 Å². The second-order valence-electron chi connectivity index (χ2n) is 8.63. The van der Waals surface area contributed by atoms with Gasteiger partial charge in [0.25, 0.3) is 5.56 Å². The molecule has 4 aromatic rings. The van der Waals surface area contributed by atoms with Gasteiger partial charge in [0.15, 0.2) is 11.5 Å². The number of fused-ring (bicyclic) bond motifs is 1. The lowest BCUT2D eigenvalue weighted by molar-refractivity contribution is -0.130. The Kier molecular flexibility index (Phi) is 6.79. The summed E-state index contributed by atoms with van der Waals surface area (Å²) in [4.78, 5) is 29.2. The number of halogens is 2. The van der Waals surface area contributed by atoms with E-state index in [1.54, 1.807) is 26.4 Å². The van der Waals surface area contributed by atoms with Gasteiger partial charge in [-0.15, -0.1) is 0 Å². The first-order valence-corrected chi connectivity index (χ1v) is 12.7. The van der Waals surface area contributed by atoms with E-state index in [4.69, 9.17) is 21.1 Å². The monoisotopic (exact) mass is 579 g/mol. The molecule has 37 heavy (non-hydrogen) atoms. The topological polar surface area (TPSA) is 84.0 Å². The van der Waals surface area contributed by atoms with E-state index in [0.29, 0.717) is 44.2 Å². The normalized spacial score (nSPS) is 15.1. The summed E-state index contributed by atoms with van der Waals surface area (Å²) in [6.45, 7) is 1.46. The van der Waals surface area contributed by atoms with Crippen molar-refractivity contribution in [1.82, 2.24) is 9.99 Å². The average Bonchev–Trinajstić information content (AvgIpc) is 3.33. The summed E-state index contributed by atoms with van der Waals surface area (Å²) in [7, 11) is 3.11. The molecule has 7 nitrogen and oxygen atoms in total. The molecule has 2 heterocycles. The van der Waals surface area contributed by atoms with Gasteiger partial charge in [0, 0.05) is 34.8 Å². The zero-order chi connectivity index (χ0) is 26.3. The van der Waals surface area contributed by atoms with Crippen LogP contribution in [-0.2, 0) is 4.79 Å². The molecule has 0 unspecified atom stereocenters. The standard InChI is InChI=1S/C28H23BrClN3O4/c1-15(34)33-23(17-11-20(29)27(37-3)24(12-17)36-2)14-22(32-33)26-25(16-7-5-4-6-8-16)19-13-18(30)9-10-21(19)31-28(26)35/h4-13,23H,14H2,1-3H3,(H,31,35)/t23-/m1/s1. The molecule has 5 rings (SSSR count). The number of ether oxygens (including phenoxy) is 2. The van der Waals surface area contributed by atoms with Crippen LogP contribution in [0.4, 0.5) is 0 Å². The Bertz CT molecular complexity index is 1620. The van der Waals surface area contributed by atoms with E-state index in [1.807, 2.05) is 48.5 Å². The Balaban J connectivity index is 1.71. The van der Waals surface area contributed by atoms with Crippen molar-refractivity contribution in [2.45, 2.75) is 19.4 Å². The van der Waals surface area contributed by atoms with Gasteiger partial charge in [-0.1, -0.05) is 41.9 Å². The number of pyridine rings is 1. The number of hydrogen-bond acceptors (Lipinski definition) is 5. The second kappa shape index (κ2) is 10.0. The van der Waals surface area contributed by atoms with E-state index in [0.717, 1.165) is 22.1 Å². The number of rotatable bonds is 5. The molecule has 0 aliphatic carbocycles. The third-order valence-corrected chi connectivity index (χ3v) is 7.23. The minimum Gasteiger partial charge on any atom is -0.493 e. The smallest absolute Gasteiger partial charge is 0.258 e. The minimum atomic E-state index is -0.443. The number of amides is 1. The molecule has 1 N–H and O–H groups in total. The average molecular weight is 581 g/mol. The summed E-state index contributed by atoms with van der Waals surface area (Å²) in [5.74, 6) is 0.827. The predicted molar refractivity (Wildman–Crippen MR) is 149 cm³/mol. The quantitative estimate of drug-likeness (QED) is 0.299. The van der Waals surface area contributed by atoms with Gasteiger partial charge in [-0.05, 0) is 57.4 Å². The van der Waals surface area contributed by atoms with Crippen molar-refractivity contribution in [2.24, 2.45) is 5.10 Å². The highest BCUT2D eigenvalue weighted by molar-refractivity contribution is 9.10. The van der Waals surface area contributed by atoms with Gasteiger partial charge in [0.05, 0.1) is 36.0 Å². The summed E-state index contributed by atoms with van der Waals surface area (Å²) >= 11 is 9.90. The van der Waals surface area contributed by atoms with Gasteiger partial charge in [0.1, 0.15) is 0 Å². The van der Waals surface area contributed by atoms with Crippen LogP contribution >= 0.6 is 27.5 Å². The molecule has 0 saturated heterocycles. The fourth-order valence-corrected chi connectivity index (χ4v) is 5.58. The van der Waals surface area contributed by atoms with Crippen molar-refractivity contribution in [1.29, 1.82) is 0 Å². The Morgan fingerprint density at radius 1 is 1.08 bits per heavy atom. The lowest BCUT2D eigenvalue weighted by Gasteiger charge is -2.22. The highest BCUT2D eigenvalue weighted by atomic mass is 79.9. The Hall–Kier alpha value is -3.62. The SMILES string of the molecule is COc1cc([C@H]2CC(c3c(-c4ccccc4)c4cc(Cl)ccc4[nH]c3=O)=NN2C(C)=O)cc(Br)c1OC. The number of H-pyrrole nitrogens is 1. The highest BCUT2D eigenvalue weighted by Gasteiger charge is 2.35. The fraction of sp³-hybridized carbons (Fsp3) is 0.179. The number of aromatic amines is 1. The van der Waals surface area contributed by atoms with Crippen LogP contribution in [-0.4, -0.2) is 35.8 Å². The Morgan fingerprint density at radius 2 is 1.84 bits per heavy atom. The Morgan fingerprint density at radius 3 is 2.51 bits per heavy atom. The van der Waals surface area contributed by atoms with Gasteiger partial charge in [-0.25, -0.2) is 5.01 Å². The first-order valence-electron chi connectivity index (χ1n) is 11.5. The molecule has 1 atom stereocenters. The Labute approximate surface area is 226 Å². The molecule has 1 aliphatic rings. The molecule has 9 heteroatoms. The molecule has 0 radical (unpaired) electrons. The second-order valence-corrected chi connectivity index (χ2v) is 9.92. The fourth-order valence-electron chi connectivity index (χ4n) is 4.79. The summed E-state index contributed by atoms with van der Waals surface area (Å²) in [6, 6.07) is 18.3. The van der Waals surface area contributed by atoms with Gasteiger partial charge in [-0.2, -0.15) is 5.10 Å². The number of aromatic nitrogens is 1. The molecule has 0 saturated carbocycles. The molecule has 188 valence electrons. The van der Waals surface area contributed by atoms with Gasteiger partial charge in [-0.3, -0.25) is 9.59 Å². The predicted octanol–water partition coefficient (Wildman–Crippen LogP) is 6.33. The van der Waals surface area contributed by atoms with E-state index < -0.39 is 6.04 Å². The largest absolute Gasteiger partial charge is 0.493 e. The van der Waals surface area contributed by atoms with Crippen LogP contribution in [0, 0.1) is 0 Å². The highest BCUT2D eigenvalue weighted by Crippen LogP contribution is 2.42. The summed E-state index contributed by atoms with van der Waals surface area (Å²) in [5, 5.41) is 7.44.